The SMILES string of the molecule is Cc1ccc(C(=O)NC2CCN(CC3(CO)COC3)CC2)s1. The van der Waals surface area contributed by atoms with Crippen LogP contribution in [-0.4, -0.2) is 61.4 Å². The predicted octanol–water partition coefficient (Wildman–Crippen LogP) is 1.26. The molecule has 1 aromatic rings. The number of hydrogen-bond acceptors (Lipinski definition) is 5. The molecule has 0 aromatic carbocycles. The lowest BCUT2D eigenvalue weighted by Gasteiger charge is -2.45. The molecule has 2 fully saturated rings. The zero-order valence-electron chi connectivity index (χ0n) is 13.0. The molecular weight excluding hydrogens is 300 g/mol. The highest BCUT2D eigenvalue weighted by Gasteiger charge is 2.40. The molecule has 3 rings (SSSR count). The number of carbonyl (C=O) groups is 1. The van der Waals surface area contributed by atoms with Crippen LogP contribution >= 0.6 is 11.3 Å². The molecule has 0 aliphatic carbocycles. The van der Waals surface area contributed by atoms with Crippen LogP contribution < -0.4 is 5.32 Å². The van der Waals surface area contributed by atoms with Crippen molar-refractivity contribution in [3.63, 3.8) is 0 Å². The smallest absolute Gasteiger partial charge is 0.261 e. The molecule has 2 aliphatic heterocycles. The summed E-state index contributed by atoms with van der Waals surface area (Å²) in [6, 6.07) is 4.14. The molecule has 0 saturated carbocycles. The number of nitrogens with one attached hydrogen (secondary N) is 1. The van der Waals surface area contributed by atoms with Crippen LogP contribution in [-0.2, 0) is 4.74 Å². The Morgan fingerprint density at radius 2 is 2.18 bits per heavy atom. The minimum Gasteiger partial charge on any atom is -0.396 e. The summed E-state index contributed by atoms with van der Waals surface area (Å²) >= 11 is 1.54. The molecule has 3 heterocycles. The standard InChI is InChI=1S/C16H24N2O3S/c1-12-2-3-14(22-12)15(20)17-13-4-6-18(7-5-13)8-16(9-19)10-21-11-16/h2-3,13,19H,4-11H2,1H3,(H,17,20). The van der Waals surface area contributed by atoms with E-state index < -0.39 is 0 Å². The number of amides is 1. The predicted molar refractivity (Wildman–Crippen MR) is 86.3 cm³/mol. The molecule has 1 amide bonds. The van der Waals surface area contributed by atoms with E-state index in [0.29, 0.717) is 13.2 Å². The molecule has 0 bridgehead atoms. The lowest BCUT2D eigenvalue weighted by molar-refractivity contribution is -0.149. The average molecular weight is 324 g/mol. The number of nitrogens with zero attached hydrogens (tertiary/aromatic N) is 1. The summed E-state index contributed by atoms with van der Waals surface area (Å²) in [6.45, 7) is 6.37. The van der Waals surface area contributed by atoms with E-state index in [2.05, 4.69) is 10.2 Å². The number of likely N-dealkylation sites (tertiary alicyclic amines) is 1. The van der Waals surface area contributed by atoms with Crippen molar-refractivity contribution < 1.29 is 14.6 Å². The highest BCUT2D eigenvalue weighted by molar-refractivity contribution is 7.13. The van der Waals surface area contributed by atoms with Gasteiger partial charge < -0.3 is 20.1 Å². The van der Waals surface area contributed by atoms with Gasteiger partial charge in [0.2, 0.25) is 0 Å². The first-order chi connectivity index (χ1) is 10.6. The van der Waals surface area contributed by atoms with Crippen LogP contribution in [0, 0.1) is 12.3 Å². The first-order valence-corrected chi connectivity index (χ1v) is 8.70. The second-order valence-electron chi connectivity index (χ2n) is 6.59. The van der Waals surface area contributed by atoms with Crippen LogP contribution in [0.4, 0.5) is 0 Å². The van der Waals surface area contributed by atoms with Crippen molar-refractivity contribution in [3.8, 4) is 0 Å². The Hall–Kier alpha value is -0.950. The van der Waals surface area contributed by atoms with Crippen molar-refractivity contribution in [2.45, 2.75) is 25.8 Å². The lowest BCUT2D eigenvalue weighted by atomic mass is 9.85. The van der Waals surface area contributed by atoms with Gasteiger partial charge in [0.15, 0.2) is 0 Å². The van der Waals surface area contributed by atoms with Gasteiger partial charge in [-0.1, -0.05) is 0 Å². The fourth-order valence-corrected chi connectivity index (χ4v) is 3.92. The van der Waals surface area contributed by atoms with Gasteiger partial charge in [-0.15, -0.1) is 11.3 Å². The van der Waals surface area contributed by atoms with Crippen molar-refractivity contribution in [3.05, 3.63) is 21.9 Å². The molecule has 0 atom stereocenters. The van der Waals surface area contributed by atoms with E-state index >= 15 is 0 Å². The number of ether oxygens (including phenoxy) is 1. The molecule has 6 heteroatoms. The molecule has 0 unspecified atom stereocenters. The van der Waals surface area contributed by atoms with Gasteiger partial charge in [-0.2, -0.15) is 0 Å². The molecule has 1 aromatic heterocycles. The Balaban J connectivity index is 1.44. The van der Waals surface area contributed by atoms with E-state index in [1.54, 1.807) is 11.3 Å². The molecular formula is C16H24N2O3S. The maximum Gasteiger partial charge on any atom is 0.261 e. The lowest BCUT2D eigenvalue weighted by Crippen LogP contribution is -2.55. The summed E-state index contributed by atoms with van der Waals surface area (Å²) in [4.78, 5) is 16.5. The van der Waals surface area contributed by atoms with Crippen LogP contribution in [0.2, 0.25) is 0 Å². The number of thiophene rings is 1. The Morgan fingerprint density at radius 1 is 1.45 bits per heavy atom. The Labute approximate surface area is 135 Å². The van der Waals surface area contributed by atoms with Crippen molar-refractivity contribution in [2.75, 3.05) is 39.5 Å². The zero-order valence-corrected chi connectivity index (χ0v) is 13.8. The number of aliphatic hydroxyl groups excluding tert-OH is 1. The molecule has 2 N–H and O–H groups in total. The molecule has 0 spiro atoms. The normalized spacial score (nSPS) is 22.3. The maximum absolute atomic E-state index is 12.2. The number of carbonyl (C=O) groups excluding carboxylic acids is 1. The van der Waals surface area contributed by atoms with E-state index in [0.717, 1.165) is 42.2 Å². The van der Waals surface area contributed by atoms with Crippen LogP contribution in [0.5, 0.6) is 0 Å². The third-order valence-electron chi connectivity index (χ3n) is 4.60. The summed E-state index contributed by atoms with van der Waals surface area (Å²) in [6.07, 6.45) is 1.94. The first-order valence-electron chi connectivity index (χ1n) is 7.88. The Bertz CT molecular complexity index is 514. The van der Waals surface area contributed by atoms with Crippen LogP contribution in [0.3, 0.4) is 0 Å². The fourth-order valence-electron chi connectivity index (χ4n) is 3.15. The molecule has 2 aliphatic rings. The summed E-state index contributed by atoms with van der Waals surface area (Å²) in [5.41, 5.74) is -0.0510. The monoisotopic (exact) mass is 324 g/mol. The summed E-state index contributed by atoms with van der Waals surface area (Å²) in [5.74, 6) is 0.0516. The van der Waals surface area contributed by atoms with Gasteiger partial charge in [-0.3, -0.25) is 4.79 Å². The molecule has 0 radical (unpaired) electrons. The summed E-state index contributed by atoms with van der Waals surface area (Å²) < 4.78 is 5.25. The Kier molecular flexibility index (Phi) is 4.82. The summed E-state index contributed by atoms with van der Waals surface area (Å²) in [7, 11) is 0. The zero-order chi connectivity index (χ0) is 15.6. The van der Waals surface area contributed by atoms with E-state index in [-0.39, 0.29) is 24.0 Å². The first kappa shape index (κ1) is 15.9. The van der Waals surface area contributed by atoms with E-state index in [4.69, 9.17) is 4.74 Å². The Morgan fingerprint density at radius 3 is 2.68 bits per heavy atom. The van der Waals surface area contributed by atoms with E-state index in [9.17, 15) is 9.90 Å². The fraction of sp³-hybridized carbons (Fsp3) is 0.688. The molecule has 22 heavy (non-hydrogen) atoms. The highest BCUT2D eigenvalue weighted by Crippen LogP contribution is 2.29. The topological polar surface area (TPSA) is 61.8 Å². The second-order valence-corrected chi connectivity index (χ2v) is 7.87. The maximum atomic E-state index is 12.2. The van der Waals surface area contributed by atoms with Gasteiger partial charge in [0.25, 0.3) is 5.91 Å². The van der Waals surface area contributed by atoms with Crippen LogP contribution in [0.15, 0.2) is 12.1 Å². The van der Waals surface area contributed by atoms with Crippen LogP contribution in [0.25, 0.3) is 0 Å². The van der Waals surface area contributed by atoms with E-state index in [1.807, 2.05) is 19.1 Å². The van der Waals surface area contributed by atoms with Gasteiger partial charge >= 0.3 is 0 Å². The van der Waals surface area contributed by atoms with Crippen molar-refractivity contribution >= 4 is 17.2 Å². The third kappa shape index (κ3) is 3.51. The van der Waals surface area contributed by atoms with Crippen molar-refractivity contribution in [1.82, 2.24) is 10.2 Å². The number of rotatable bonds is 5. The molecule has 2 saturated heterocycles. The van der Waals surface area contributed by atoms with Gasteiger partial charge in [-0.05, 0) is 31.9 Å². The largest absolute Gasteiger partial charge is 0.396 e. The number of piperidine rings is 1. The van der Waals surface area contributed by atoms with Gasteiger partial charge in [0, 0.05) is 30.6 Å². The quantitative estimate of drug-likeness (QED) is 0.856. The van der Waals surface area contributed by atoms with Gasteiger partial charge in [0.05, 0.1) is 30.1 Å². The average Bonchev–Trinajstić information content (AvgIpc) is 2.91. The molecule has 5 nitrogen and oxygen atoms in total. The third-order valence-corrected chi connectivity index (χ3v) is 5.60. The number of aryl methyl sites for hydroxylation is 1. The highest BCUT2D eigenvalue weighted by atomic mass is 32.1. The number of aliphatic hydroxyl groups is 1. The number of hydrogen-bond donors (Lipinski definition) is 2. The summed E-state index contributed by atoms with van der Waals surface area (Å²) in [5, 5.41) is 12.6. The van der Waals surface area contributed by atoms with Crippen LogP contribution in [0.1, 0.15) is 27.4 Å². The van der Waals surface area contributed by atoms with E-state index in [1.165, 1.54) is 0 Å². The van der Waals surface area contributed by atoms with Crippen molar-refractivity contribution in [1.29, 1.82) is 0 Å². The minimum atomic E-state index is -0.0510. The molecule has 122 valence electrons. The van der Waals surface area contributed by atoms with Gasteiger partial charge in [0.1, 0.15) is 0 Å². The van der Waals surface area contributed by atoms with Crippen molar-refractivity contribution in [2.24, 2.45) is 5.41 Å². The minimum absolute atomic E-state index is 0.0510. The van der Waals surface area contributed by atoms with Gasteiger partial charge in [-0.25, -0.2) is 0 Å². The second kappa shape index (κ2) is 6.66.